The molecule has 2 aromatic heterocycles. The summed E-state index contributed by atoms with van der Waals surface area (Å²) in [7, 11) is -3.32. The number of rotatable bonds is 8. The SMILES string of the molecule is CS(=O)(=O)c1ccc(Oc2ncccc2C(=O)NC2CCC(C(=O)NCc3ccccn3)CC2)cc1. The smallest absolute Gasteiger partial charge is 0.257 e. The molecule has 0 radical (unpaired) electrons. The van der Waals surface area contributed by atoms with Gasteiger partial charge in [-0.25, -0.2) is 13.4 Å². The number of carbonyl (C=O) groups is 2. The summed E-state index contributed by atoms with van der Waals surface area (Å²) in [6.07, 6.45) is 7.10. The first-order valence-corrected chi connectivity index (χ1v) is 13.6. The summed E-state index contributed by atoms with van der Waals surface area (Å²) in [6, 6.07) is 14.7. The average Bonchev–Trinajstić information content (AvgIpc) is 2.88. The largest absolute Gasteiger partial charge is 0.438 e. The first-order chi connectivity index (χ1) is 17.3. The van der Waals surface area contributed by atoms with Crippen LogP contribution >= 0.6 is 0 Å². The van der Waals surface area contributed by atoms with E-state index in [9.17, 15) is 18.0 Å². The van der Waals surface area contributed by atoms with Crippen molar-refractivity contribution in [3.05, 3.63) is 78.2 Å². The van der Waals surface area contributed by atoms with Crippen molar-refractivity contribution in [1.29, 1.82) is 0 Å². The van der Waals surface area contributed by atoms with E-state index in [4.69, 9.17) is 4.74 Å². The Kier molecular flexibility index (Phi) is 7.94. The van der Waals surface area contributed by atoms with Crippen LogP contribution < -0.4 is 15.4 Å². The standard InChI is InChI=1S/C26H28N4O5S/c1-36(33,34)22-13-11-21(12-14-22)35-26-23(6-4-16-28-26)25(32)30-19-9-7-18(8-10-19)24(31)29-17-20-5-2-3-15-27-20/h2-6,11-16,18-19H,7-10,17H2,1H3,(H,29,31)(H,30,32). The van der Waals surface area contributed by atoms with Crippen LogP contribution in [0.25, 0.3) is 0 Å². The quantitative estimate of drug-likeness (QED) is 0.478. The molecule has 3 aromatic rings. The zero-order chi connectivity index (χ0) is 25.5. The van der Waals surface area contributed by atoms with Crippen LogP contribution in [0.3, 0.4) is 0 Å². The molecule has 2 N–H and O–H groups in total. The average molecular weight is 509 g/mol. The van der Waals surface area contributed by atoms with Crippen LogP contribution in [0.2, 0.25) is 0 Å². The molecule has 1 aliphatic rings. The van der Waals surface area contributed by atoms with Crippen molar-refractivity contribution in [2.45, 2.75) is 43.2 Å². The Hall–Kier alpha value is -3.79. The Morgan fingerprint density at radius 3 is 2.33 bits per heavy atom. The molecule has 1 fully saturated rings. The summed E-state index contributed by atoms with van der Waals surface area (Å²) >= 11 is 0. The lowest BCUT2D eigenvalue weighted by Gasteiger charge is -2.28. The molecule has 0 bridgehead atoms. The van der Waals surface area contributed by atoms with Crippen molar-refractivity contribution in [3.63, 3.8) is 0 Å². The molecule has 0 spiro atoms. The third-order valence-electron chi connectivity index (χ3n) is 6.09. The van der Waals surface area contributed by atoms with Crippen molar-refractivity contribution in [2.24, 2.45) is 5.92 Å². The van der Waals surface area contributed by atoms with E-state index < -0.39 is 9.84 Å². The van der Waals surface area contributed by atoms with Gasteiger partial charge < -0.3 is 15.4 Å². The van der Waals surface area contributed by atoms with Crippen molar-refractivity contribution in [2.75, 3.05) is 6.26 Å². The molecule has 4 rings (SSSR count). The van der Waals surface area contributed by atoms with Crippen LogP contribution in [0.5, 0.6) is 11.6 Å². The molecule has 1 aliphatic carbocycles. The van der Waals surface area contributed by atoms with Crippen LogP contribution in [0.1, 0.15) is 41.7 Å². The van der Waals surface area contributed by atoms with E-state index in [1.807, 2.05) is 18.2 Å². The maximum absolute atomic E-state index is 13.0. The van der Waals surface area contributed by atoms with Crippen LogP contribution in [-0.2, 0) is 21.2 Å². The van der Waals surface area contributed by atoms with Gasteiger partial charge in [0.25, 0.3) is 5.91 Å². The minimum Gasteiger partial charge on any atom is -0.438 e. The number of nitrogens with one attached hydrogen (secondary N) is 2. The predicted octanol–water partition coefficient (Wildman–Crippen LogP) is 3.28. The number of hydrogen-bond donors (Lipinski definition) is 2. The summed E-state index contributed by atoms with van der Waals surface area (Å²) < 4.78 is 29.1. The van der Waals surface area contributed by atoms with Gasteiger partial charge >= 0.3 is 0 Å². The number of sulfone groups is 1. The van der Waals surface area contributed by atoms with Gasteiger partial charge in [-0.05, 0) is 74.2 Å². The Morgan fingerprint density at radius 1 is 0.944 bits per heavy atom. The van der Waals surface area contributed by atoms with E-state index in [1.54, 1.807) is 18.3 Å². The number of pyridine rings is 2. The second-order valence-corrected chi connectivity index (χ2v) is 10.8. The highest BCUT2D eigenvalue weighted by atomic mass is 32.2. The molecule has 36 heavy (non-hydrogen) atoms. The molecule has 1 saturated carbocycles. The van der Waals surface area contributed by atoms with Crippen LogP contribution in [0.4, 0.5) is 0 Å². The molecule has 2 heterocycles. The molecule has 9 nitrogen and oxygen atoms in total. The van der Waals surface area contributed by atoms with Crippen molar-refractivity contribution >= 4 is 21.7 Å². The molecule has 0 atom stereocenters. The second-order valence-electron chi connectivity index (χ2n) is 8.76. The van der Waals surface area contributed by atoms with Crippen LogP contribution in [0, 0.1) is 5.92 Å². The Balaban J connectivity index is 1.30. The van der Waals surface area contributed by atoms with Crippen molar-refractivity contribution in [3.8, 4) is 11.6 Å². The lowest BCUT2D eigenvalue weighted by atomic mass is 9.85. The number of aromatic nitrogens is 2. The maximum atomic E-state index is 13.0. The summed E-state index contributed by atoms with van der Waals surface area (Å²) in [5, 5.41) is 5.97. The van der Waals surface area contributed by atoms with Gasteiger partial charge in [0.1, 0.15) is 11.3 Å². The fraction of sp³-hybridized carbons (Fsp3) is 0.308. The monoisotopic (exact) mass is 508 g/mol. The van der Waals surface area contributed by atoms with E-state index in [-0.39, 0.29) is 40.1 Å². The third-order valence-corrected chi connectivity index (χ3v) is 7.21. The zero-order valence-electron chi connectivity index (χ0n) is 19.9. The molecule has 0 aliphatic heterocycles. The van der Waals surface area contributed by atoms with E-state index in [1.165, 1.54) is 30.5 Å². The lowest BCUT2D eigenvalue weighted by Crippen LogP contribution is -2.41. The second kappa shape index (κ2) is 11.3. The molecule has 0 saturated heterocycles. The summed E-state index contributed by atoms with van der Waals surface area (Å²) in [5.74, 6) is 0.107. The van der Waals surface area contributed by atoms with E-state index in [0.29, 0.717) is 38.0 Å². The molecule has 0 unspecified atom stereocenters. The number of hydrogen-bond acceptors (Lipinski definition) is 7. The van der Waals surface area contributed by atoms with Gasteiger partial charge in [0.2, 0.25) is 11.8 Å². The molecule has 2 amide bonds. The fourth-order valence-corrected chi connectivity index (χ4v) is 4.73. The van der Waals surface area contributed by atoms with Crippen LogP contribution in [-0.4, -0.2) is 42.5 Å². The van der Waals surface area contributed by atoms with Gasteiger partial charge in [-0.15, -0.1) is 0 Å². The van der Waals surface area contributed by atoms with E-state index >= 15 is 0 Å². The summed E-state index contributed by atoms with van der Waals surface area (Å²) in [5.41, 5.74) is 1.09. The summed E-state index contributed by atoms with van der Waals surface area (Å²) in [6.45, 7) is 0.400. The van der Waals surface area contributed by atoms with Crippen molar-refractivity contribution in [1.82, 2.24) is 20.6 Å². The molecule has 1 aromatic carbocycles. The topological polar surface area (TPSA) is 127 Å². The highest BCUT2D eigenvalue weighted by Crippen LogP contribution is 2.27. The molecular weight excluding hydrogens is 480 g/mol. The first kappa shape index (κ1) is 25.3. The number of benzene rings is 1. The Morgan fingerprint density at radius 2 is 1.67 bits per heavy atom. The number of amides is 2. The van der Waals surface area contributed by atoms with E-state index in [0.717, 1.165) is 11.9 Å². The van der Waals surface area contributed by atoms with Gasteiger partial charge in [-0.2, -0.15) is 0 Å². The maximum Gasteiger partial charge on any atom is 0.257 e. The van der Waals surface area contributed by atoms with Gasteiger partial charge in [0.15, 0.2) is 9.84 Å². The third kappa shape index (κ3) is 6.66. The number of nitrogens with zero attached hydrogens (tertiary/aromatic N) is 2. The highest BCUT2D eigenvalue weighted by Gasteiger charge is 2.28. The van der Waals surface area contributed by atoms with Gasteiger partial charge in [0, 0.05) is 30.6 Å². The minimum atomic E-state index is -3.32. The minimum absolute atomic E-state index is 0.00951. The number of carbonyl (C=O) groups excluding carboxylic acids is 2. The Bertz CT molecular complexity index is 1310. The molecule has 188 valence electrons. The van der Waals surface area contributed by atoms with E-state index in [2.05, 4.69) is 20.6 Å². The predicted molar refractivity (Wildman–Crippen MR) is 133 cm³/mol. The first-order valence-electron chi connectivity index (χ1n) is 11.7. The van der Waals surface area contributed by atoms with Gasteiger partial charge in [0.05, 0.1) is 17.1 Å². The highest BCUT2D eigenvalue weighted by molar-refractivity contribution is 7.90. The lowest BCUT2D eigenvalue weighted by molar-refractivity contribution is -0.126. The van der Waals surface area contributed by atoms with Gasteiger partial charge in [-0.1, -0.05) is 6.07 Å². The molecule has 10 heteroatoms. The normalized spacial score (nSPS) is 17.7. The van der Waals surface area contributed by atoms with Crippen LogP contribution in [0.15, 0.2) is 71.9 Å². The van der Waals surface area contributed by atoms with Crippen molar-refractivity contribution < 1.29 is 22.7 Å². The Labute approximate surface area is 210 Å². The fourth-order valence-electron chi connectivity index (χ4n) is 4.10. The summed E-state index contributed by atoms with van der Waals surface area (Å²) in [4.78, 5) is 34.1. The molecular formula is C26H28N4O5S. The van der Waals surface area contributed by atoms with Gasteiger partial charge in [-0.3, -0.25) is 14.6 Å². The number of ether oxygens (including phenoxy) is 1. The zero-order valence-corrected chi connectivity index (χ0v) is 20.7.